The molecule has 0 aliphatic heterocycles. The van der Waals surface area contributed by atoms with Gasteiger partial charge in [0, 0.05) is 16.4 Å². The zero-order valence-electron chi connectivity index (χ0n) is 10.6. The Kier molecular flexibility index (Phi) is 4.82. The van der Waals surface area contributed by atoms with E-state index >= 15 is 0 Å². The number of aromatic hydroxyl groups is 1. The topological polar surface area (TPSA) is 71.5 Å². The number of carbonyl (C=O) groups excluding carboxylic acids is 1. The highest BCUT2D eigenvalue weighted by atomic mass is 79.9. The molecule has 5 nitrogen and oxygen atoms in total. The number of nitrogens with one attached hydrogen (secondary N) is 1. The first kappa shape index (κ1) is 15.1. The van der Waals surface area contributed by atoms with Crippen molar-refractivity contribution in [1.82, 2.24) is 10.3 Å². The molecule has 0 atom stereocenters. The predicted molar refractivity (Wildman–Crippen MR) is 82.7 cm³/mol. The minimum atomic E-state index is -0.492. The van der Waals surface area contributed by atoms with Crippen LogP contribution in [0.15, 0.2) is 27.1 Å². The zero-order valence-corrected chi connectivity index (χ0v) is 13.8. The summed E-state index contributed by atoms with van der Waals surface area (Å²) in [5, 5.41) is 13.3. The number of nitrogens with zero attached hydrogens (tertiary/aromatic N) is 1. The number of alkyl carbamates (subject to hydrolysis) is 1. The molecule has 20 heavy (non-hydrogen) atoms. The van der Waals surface area contributed by atoms with E-state index in [0.29, 0.717) is 22.2 Å². The van der Waals surface area contributed by atoms with Gasteiger partial charge in [-0.2, -0.15) is 0 Å². The molecule has 0 spiro atoms. The summed E-state index contributed by atoms with van der Waals surface area (Å²) in [7, 11) is 0. The average Bonchev–Trinajstić information content (AvgIpc) is 2.43. The highest BCUT2D eigenvalue weighted by molar-refractivity contribution is 9.11. The molecule has 0 fully saturated rings. The number of phenols is 1. The lowest BCUT2D eigenvalue weighted by molar-refractivity contribution is 0.139. The molecule has 0 aliphatic rings. The van der Waals surface area contributed by atoms with Crippen molar-refractivity contribution < 1.29 is 14.6 Å². The summed E-state index contributed by atoms with van der Waals surface area (Å²) in [6.07, 6.45) is -0.492. The largest absolute Gasteiger partial charge is 0.505 e. The summed E-state index contributed by atoms with van der Waals surface area (Å²) in [5.41, 5.74) is 1.01. The standard InChI is InChI=1S/C13H12Br2N2O3/c1-2-16-13(19)20-6-7-3-4-8-9(14)5-10(15)12(18)11(8)17-7/h3-5,18H,2,6H2,1H3,(H,16,19). The van der Waals surface area contributed by atoms with Gasteiger partial charge in [0.2, 0.25) is 0 Å². The van der Waals surface area contributed by atoms with Crippen LogP contribution in [0.25, 0.3) is 10.9 Å². The van der Waals surface area contributed by atoms with E-state index in [-0.39, 0.29) is 12.4 Å². The van der Waals surface area contributed by atoms with Gasteiger partial charge in [0.05, 0.1) is 10.2 Å². The van der Waals surface area contributed by atoms with E-state index < -0.39 is 6.09 Å². The van der Waals surface area contributed by atoms with Crippen LogP contribution in [0.2, 0.25) is 0 Å². The Balaban J connectivity index is 2.29. The number of fused-ring (bicyclic) bond motifs is 1. The summed E-state index contributed by atoms with van der Waals surface area (Å²) in [6, 6.07) is 5.32. The molecular weight excluding hydrogens is 392 g/mol. The summed E-state index contributed by atoms with van der Waals surface area (Å²) in [6.45, 7) is 2.36. The third-order valence-electron chi connectivity index (χ3n) is 2.59. The predicted octanol–water partition coefficient (Wildman–Crippen LogP) is 3.71. The van der Waals surface area contributed by atoms with Crippen molar-refractivity contribution in [3.8, 4) is 5.75 Å². The van der Waals surface area contributed by atoms with Crippen molar-refractivity contribution in [3.05, 3.63) is 32.8 Å². The van der Waals surface area contributed by atoms with Gasteiger partial charge in [-0.15, -0.1) is 0 Å². The summed E-state index contributed by atoms with van der Waals surface area (Å²) in [5.74, 6) is 0.0584. The van der Waals surface area contributed by atoms with Crippen LogP contribution in [-0.2, 0) is 11.3 Å². The van der Waals surface area contributed by atoms with Gasteiger partial charge >= 0.3 is 6.09 Å². The Labute approximate surface area is 132 Å². The number of ether oxygens (including phenoxy) is 1. The van der Waals surface area contributed by atoms with Gasteiger partial charge < -0.3 is 15.2 Å². The lowest BCUT2D eigenvalue weighted by Crippen LogP contribution is -2.23. The maximum Gasteiger partial charge on any atom is 0.407 e. The lowest BCUT2D eigenvalue weighted by Gasteiger charge is -2.08. The van der Waals surface area contributed by atoms with Crippen molar-refractivity contribution in [2.24, 2.45) is 0 Å². The second-order valence-corrected chi connectivity index (χ2v) is 5.70. The van der Waals surface area contributed by atoms with Crippen molar-refractivity contribution in [3.63, 3.8) is 0 Å². The molecule has 0 saturated carbocycles. The SMILES string of the molecule is CCNC(=O)OCc1ccc2c(Br)cc(Br)c(O)c2n1. The van der Waals surface area contributed by atoms with Crippen LogP contribution in [-0.4, -0.2) is 22.7 Å². The third-order valence-corrected chi connectivity index (χ3v) is 3.85. The Morgan fingerprint density at radius 3 is 2.85 bits per heavy atom. The normalized spacial score (nSPS) is 10.6. The van der Waals surface area contributed by atoms with Crippen LogP contribution in [0.4, 0.5) is 4.79 Å². The minimum Gasteiger partial charge on any atom is -0.505 e. The number of hydrogen-bond donors (Lipinski definition) is 2. The molecule has 1 aromatic carbocycles. The molecule has 2 aromatic rings. The molecule has 0 bridgehead atoms. The van der Waals surface area contributed by atoms with Crippen molar-refractivity contribution in [1.29, 1.82) is 0 Å². The number of carbonyl (C=O) groups is 1. The van der Waals surface area contributed by atoms with Gasteiger partial charge in [-0.3, -0.25) is 0 Å². The Bertz CT molecular complexity index is 662. The van der Waals surface area contributed by atoms with Gasteiger partial charge in [0.15, 0.2) is 5.75 Å². The van der Waals surface area contributed by atoms with Crippen LogP contribution in [0, 0.1) is 0 Å². The number of amides is 1. The second-order valence-electron chi connectivity index (χ2n) is 3.99. The fraction of sp³-hybridized carbons (Fsp3) is 0.231. The highest BCUT2D eigenvalue weighted by Crippen LogP contribution is 2.36. The summed E-state index contributed by atoms with van der Waals surface area (Å²) >= 11 is 6.67. The molecule has 0 radical (unpaired) electrons. The maximum absolute atomic E-state index is 11.2. The molecular formula is C13H12Br2N2O3. The molecule has 2 rings (SSSR count). The molecule has 106 valence electrons. The van der Waals surface area contributed by atoms with E-state index in [1.807, 2.05) is 13.0 Å². The van der Waals surface area contributed by atoms with Crippen LogP contribution in [0.1, 0.15) is 12.6 Å². The quantitative estimate of drug-likeness (QED) is 0.819. The zero-order chi connectivity index (χ0) is 14.7. The maximum atomic E-state index is 11.2. The van der Waals surface area contributed by atoms with Gasteiger partial charge in [-0.25, -0.2) is 9.78 Å². The van der Waals surface area contributed by atoms with Crippen LogP contribution in [0.5, 0.6) is 5.75 Å². The first-order valence-corrected chi connectivity index (χ1v) is 7.48. The second kappa shape index (κ2) is 6.41. The van der Waals surface area contributed by atoms with Crippen molar-refractivity contribution >= 4 is 48.9 Å². The Hall–Kier alpha value is -1.34. The van der Waals surface area contributed by atoms with Crippen LogP contribution < -0.4 is 5.32 Å². The number of benzene rings is 1. The monoisotopic (exact) mass is 402 g/mol. The van der Waals surface area contributed by atoms with Crippen molar-refractivity contribution in [2.45, 2.75) is 13.5 Å². The van der Waals surface area contributed by atoms with E-state index in [0.717, 1.165) is 9.86 Å². The van der Waals surface area contributed by atoms with E-state index in [2.05, 4.69) is 42.2 Å². The Morgan fingerprint density at radius 2 is 2.15 bits per heavy atom. The molecule has 1 heterocycles. The third kappa shape index (κ3) is 3.21. The van der Waals surface area contributed by atoms with Crippen LogP contribution >= 0.6 is 31.9 Å². The number of halogens is 2. The Morgan fingerprint density at radius 1 is 1.40 bits per heavy atom. The van der Waals surface area contributed by atoms with Gasteiger partial charge in [-0.1, -0.05) is 15.9 Å². The van der Waals surface area contributed by atoms with Gasteiger partial charge in [0.25, 0.3) is 0 Å². The van der Waals surface area contributed by atoms with Gasteiger partial charge in [0.1, 0.15) is 12.1 Å². The molecule has 1 aromatic heterocycles. The smallest absolute Gasteiger partial charge is 0.407 e. The molecule has 0 unspecified atom stereocenters. The van der Waals surface area contributed by atoms with Crippen molar-refractivity contribution in [2.75, 3.05) is 6.54 Å². The fourth-order valence-corrected chi connectivity index (χ4v) is 2.93. The molecule has 0 aliphatic carbocycles. The average molecular weight is 404 g/mol. The molecule has 1 amide bonds. The number of hydrogen-bond acceptors (Lipinski definition) is 4. The lowest BCUT2D eigenvalue weighted by atomic mass is 10.2. The summed E-state index contributed by atoms with van der Waals surface area (Å²) < 4.78 is 6.37. The first-order chi connectivity index (χ1) is 9.52. The van der Waals surface area contributed by atoms with E-state index in [1.165, 1.54) is 0 Å². The van der Waals surface area contributed by atoms with E-state index in [9.17, 15) is 9.90 Å². The fourth-order valence-electron chi connectivity index (χ4n) is 1.66. The molecule has 2 N–H and O–H groups in total. The number of rotatable bonds is 3. The molecule has 7 heteroatoms. The minimum absolute atomic E-state index is 0.0470. The van der Waals surface area contributed by atoms with E-state index in [4.69, 9.17) is 4.74 Å². The summed E-state index contributed by atoms with van der Waals surface area (Å²) in [4.78, 5) is 15.5. The van der Waals surface area contributed by atoms with Gasteiger partial charge in [-0.05, 0) is 41.1 Å². The number of phenolic OH excluding ortho intramolecular Hbond substituents is 1. The first-order valence-electron chi connectivity index (χ1n) is 5.90. The molecule has 0 saturated heterocycles. The number of pyridine rings is 1. The highest BCUT2D eigenvalue weighted by Gasteiger charge is 2.11. The number of aromatic nitrogens is 1. The van der Waals surface area contributed by atoms with Crippen LogP contribution in [0.3, 0.4) is 0 Å². The van der Waals surface area contributed by atoms with E-state index in [1.54, 1.807) is 12.1 Å².